The number of ether oxygens (including phenoxy) is 1. The zero-order valence-corrected chi connectivity index (χ0v) is 10.6. The fraction of sp³-hybridized carbons (Fsp3) is 0.143. The maximum atomic E-state index is 11.7. The molecule has 2 N–H and O–H groups in total. The van der Waals surface area contributed by atoms with E-state index < -0.39 is 0 Å². The van der Waals surface area contributed by atoms with E-state index in [9.17, 15) is 4.79 Å². The standard InChI is InChI=1S/C14H15N3O2/c1-2-19-13-5-3-11(4-6-13)16-14(18)17-12-7-9-15-10-8-12/h3-10H,2H2,1H3,(H2,15,16,17,18). The maximum Gasteiger partial charge on any atom is 0.323 e. The third-order valence-corrected chi connectivity index (χ3v) is 2.36. The molecule has 19 heavy (non-hydrogen) atoms. The molecule has 2 aromatic rings. The van der Waals surface area contributed by atoms with Crippen molar-refractivity contribution < 1.29 is 9.53 Å². The Labute approximate surface area is 111 Å². The summed E-state index contributed by atoms with van der Waals surface area (Å²) in [6, 6.07) is 10.3. The van der Waals surface area contributed by atoms with E-state index in [2.05, 4.69) is 15.6 Å². The molecule has 1 aromatic heterocycles. The van der Waals surface area contributed by atoms with Gasteiger partial charge in [0.2, 0.25) is 0 Å². The SMILES string of the molecule is CCOc1ccc(NC(=O)Nc2ccncc2)cc1. The lowest BCUT2D eigenvalue weighted by molar-refractivity contribution is 0.262. The summed E-state index contributed by atoms with van der Waals surface area (Å²) < 4.78 is 5.33. The van der Waals surface area contributed by atoms with Crippen molar-refractivity contribution in [3.63, 3.8) is 0 Å². The molecule has 5 nitrogen and oxygen atoms in total. The van der Waals surface area contributed by atoms with E-state index in [-0.39, 0.29) is 6.03 Å². The first-order valence-corrected chi connectivity index (χ1v) is 5.99. The molecule has 0 spiro atoms. The molecule has 5 heteroatoms. The van der Waals surface area contributed by atoms with Crippen molar-refractivity contribution in [2.45, 2.75) is 6.92 Å². The van der Waals surface area contributed by atoms with Crippen molar-refractivity contribution in [3.05, 3.63) is 48.8 Å². The van der Waals surface area contributed by atoms with Crippen molar-refractivity contribution >= 4 is 17.4 Å². The molecule has 1 aromatic carbocycles. The van der Waals surface area contributed by atoms with Crippen LogP contribution in [-0.2, 0) is 0 Å². The van der Waals surface area contributed by atoms with Crippen molar-refractivity contribution in [2.75, 3.05) is 17.2 Å². The van der Waals surface area contributed by atoms with Gasteiger partial charge in [-0.2, -0.15) is 0 Å². The molecule has 0 fully saturated rings. The Hall–Kier alpha value is -2.56. The number of anilines is 2. The molecule has 0 bridgehead atoms. The fourth-order valence-corrected chi connectivity index (χ4v) is 1.53. The number of amides is 2. The third-order valence-electron chi connectivity index (χ3n) is 2.36. The number of hydrogen-bond donors (Lipinski definition) is 2. The monoisotopic (exact) mass is 257 g/mol. The highest BCUT2D eigenvalue weighted by atomic mass is 16.5. The highest BCUT2D eigenvalue weighted by molar-refractivity contribution is 5.99. The molecule has 0 unspecified atom stereocenters. The van der Waals surface area contributed by atoms with Gasteiger partial charge in [-0.3, -0.25) is 4.98 Å². The lowest BCUT2D eigenvalue weighted by atomic mass is 10.3. The molecule has 98 valence electrons. The van der Waals surface area contributed by atoms with Crippen LogP contribution in [0.1, 0.15) is 6.92 Å². The summed E-state index contributed by atoms with van der Waals surface area (Å²) >= 11 is 0. The highest BCUT2D eigenvalue weighted by Gasteiger charge is 2.02. The van der Waals surface area contributed by atoms with Crippen LogP contribution in [0, 0.1) is 0 Å². The van der Waals surface area contributed by atoms with Gasteiger partial charge < -0.3 is 15.4 Å². The molecular weight excluding hydrogens is 242 g/mol. The number of pyridine rings is 1. The number of benzene rings is 1. The molecule has 0 aliphatic heterocycles. The van der Waals surface area contributed by atoms with Gasteiger partial charge in [-0.25, -0.2) is 4.79 Å². The predicted molar refractivity (Wildman–Crippen MR) is 74.5 cm³/mol. The van der Waals surface area contributed by atoms with Crippen molar-refractivity contribution in [1.82, 2.24) is 4.98 Å². The second kappa shape index (κ2) is 6.39. The van der Waals surface area contributed by atoms with Crippen LogP contribution in [0.15, 0.2) is 48.8 Å². The van der Waals surface area contributed by atoms with Crippen LogP contribution in [0.5, 0.6) is 5.75 Å². The zero-order valence-electron chi connectivity index (χ0n) is 10.6. The van der Waals surface area contributed by atoms with Gasteiger partial charge in [-0.15, -0.1) is 0 Å². The number of aromatic nitrogens is 1. The average Bonchev–Trinajstić information content (AvgIpc) is 2.42. The van der Waals surface area contributed by atoms with Gasteiger partial charge in [-0.05, 0) is 43.3 Å². The minimum absolute atomic E-state index is 0.296. The molecule has 2 amide bonds. The van der Waals surface area contributed by atoms with Gasteiger partial charge in [0.15, 0.2) is 0 Å². The Morgan fingerprint density at radius 1 is 1.05 bits per heavy atom. The predicted octanol–water partition coefficient (Wildman–Crippen LogP) is 3.12. The van der Waals surface area contributed by atoms with Crippen LogP contribution < -0.4 is 15.4 Å². The number of carbonyl (C=O) groups is 1. The average molecular weight is 257 g/mol. The van der Waals surface area contributed by atoms with Gasteiger partial charge in [-0.1, -0.05) is 0 Å². The molecule has 1 heterocycles. The summed E-state index contributed by atoms with van der Waals surface area (Å²) in [7, 11) is 0. The van der Waals surface area contributed by atoms with Gasteiger partial charge in [0.25, 0.3) is 0 Å². The van der Waals surface area contributed by atoms with E-state index >= 15 is 0 Å². The summed E-state index contributed by atoms with van der Waals surface area (Å²) in [6.45, 7) is 2.55. The summed E-state index contributed by atoms with van der Waals surface area (Å²) in [5.74, 6) is 0.780. The summed E-state index contributed by atoms with van der Waals surface area (Å²) in [5, 5.41) is 5.44. The summed E-state index contributed by atoms with van der Waals surface area (Å²) in [5.41, 5.74) is 1.40. The number of hydrogen-bond acceptors (Lipinski definition) is 3. The lowest BCUT2D eigenvalue weighted by Gasteiger charge is -2.08. The Kier molecular flexibility index (Phi) is 4.34. The Bertz CT molecular complexity index is 526. The molecule has 0 radical (unpaired) electrons. The third kappa shape index (κ3) is 3.99. The molecule has 2 rings (SSSR count). The lowest BCUT2D eigenvalue weighted by Crippen LogP contribution is -2.19. The number of rotatable bonds is 4. The minimum atomic E-state index is -0.296. The highest BCUT2D eigenvalue weighted by Crippen LogP contribution is 2.15. The van der Waals surface area contributed by atoms with Gasteiger partial charge in [0.05, 0.1) is 6.61 Å². The Balaban J connectivity index is 1.91. The molecule has 0 saturated carbocycles. The van der Waals surface area contributed by atoms with Crippen LogP contribution in [-0.4, -0.2) is 17.6 Å². The minimum Gasteiger partial charge on any atom is -0.494 e. The normalized spacial score (nSPS) is 9.74. The van der Waals surface area contributed by atoms with Crippen molar-refractivity contribution in [1.29, 1.82) is 0 Å². The van der Waals surface area contributed by atoms with Crippen LogP contribution in [0.3, 0.4) is 0 Å². The largest absolute Gasteiger partial charge is 0.494 e. The topological polar surface area (TPSA) is 63.2 Å². The van der Waals surface area contributed by atoms with E-state index in [4.69, 9.17) is 4.74 Å². The first-order chi connectivity index (χ1) is 9.28. The van der Waals surface area contributed by atoms with Gasteiger partial charge in [0, 0.05) is 23.8 Å². The van der Waals surface area contributed by atoms with Crippen LogP contribution in [0.25, 0.3) is 0 Å². The Morgan fingerprint density at radius 2 is 1.63 bits per heavy atom. The second-order valence-corrected chi connectivity index (χ2v) is 3.77. The molecule has 0 aliphatic rings. The Morgan fingerprint density at radius 3 is 2.21 bits per heavy atom. The molecule has 0 atom stereocenters. The first kappa shape index (κ1) is 12.9. The summed E-state index contributed by atoms with van der Waals surface area (Å²) in [6.07, 6.45) is 3.24. The second-order valence-electron chi connectivity index (χ2n) is 3.77. The number of urea groups is 1. The molecule has 0 aliphatic carbocycles. The fourth-order valence-electron chi connectivity index (χ4n) is 1.53. The van der Waals surface area contributed by atoms with Crippen LogP contribution in [0.4, 0.5) is 16.2 Å². The molecular formula is C14H15N3O2. The van der Waals surface area contributed by atoms with Gasteiger partial charge >= 0.3 is 6.03 Å². The zero-order chi connectivity index (χ0) is 13.5. The number of nitrogens with one attached hydrogen (secondary N) is 2. The number of nitrogens with zero attached hydrogens (tertiary/aromatic N) is 1. The van der Waals surface area contributed by atoms with Gasteiger partial charge in [0.1, 0.15) is 5.75 Å². The van der Waals surface area contributed by atoms with Crippen molar-refractivity contribution in [3.8, 4) is 5.75 Å². The van der Waals surface area contributed by atoms with Crippen LogP contribution in [0.2, 0.25) is 0 Å². The van der Waals surface area contributed by atoms with Crippen molar-refractivity contribution in [2.24, 2.45) is 0 Å². The van der Waals surface area contributed by atoms with Crippen LogP contribution >= 0.6 is 0 Å². The summed E-state index contributed by atoms with van der Waals surface area (Å²) in [4.78, 5) is 15.6. The van der Waals surface area contributed by atoms with E-state index in [1.165, 1.54) is 0 Å². The quantitative estimate of drug-likeness (QED) is 0.884. The van der Waals surface area contributed by atoms with E-state index in [1.54, 1.807) is 36.7 Å². The van der Waals surface area contributed by atoms with E-state index in [0.717, 1.165) is 5.75 Å². The first-order valence-electron chi connectivity index (χ1n) is 5.99. The smallest absolute Gasteiger partial charge is 0.323 e. The van der Waals surface area contributed by atoms with E-state index in [1.807, 2.05) is 19.1 Å². The van der Waals surface area contributed by atoms with E-state index in [0.29, 0.717) is 18.0 Å². The maximum absolute atomic E-state index is 11.7. The molecule has 0 saturated heterocycles. The number of carbonyl (C=O) groups excluding carboxylic acids is 1.